The number of hydrogen-bond acceptors (Lipinski definition) is 10. The van der Waals surface area contributed by atoms with E-state index < -0.39 is 57.5 Å². The van der Waals surface area contributed by atoms with E-state index in [1.54, 1.807) is 51.9 Å². The van der Waals surface area contributed by atoms with Gasteiger partial charge in [-0.1, -0.05) is 81.1 Å². The molecule has 18 heteroatoms. The number of methoxy groups -OCH3 is 2. The minimum atomic E-state index is -3.72. The number of hydrogen-bond donors (Lipinski definition) is 4. The number of sulfonamides is 1. The summed E-state index contributed by atoms with van der Waals surface area (Å²) in [4.78, 5) is 70.3. The average molecular weight is 842 g/mol. The standard InChI is InChI=1S/C42H51N9O8S/c1-24(2)35(47-41(54)58-7)39(52)50-19-9-10-33(50)37-43-20-31(45-37)29-15-11-27(12-16-29)28-13-17-30(18-14-28)32-21-44-38(46-32)34-22-49(60(56,57)26(5)6)23-51(34)40(53)36(25(3)4)48-42(55)59-8/h9-18,20-21,25-26,33-36H,1,19,22-23H2,2-8H3,(H,43,45)(H,44,46)(H,47,54)(H,48,55)/t33-,34-,35-,36-/m0/s1. The molecule has 0 bridgehead atoms. The van der Waals surface area contributed by atoms with Gasteiger partial charge in [-0.3, -0.25) is 9.59 Å². The third kappa shape index (κ3) is 8.98. The molecule has 1 fully saturated rings. The number of imidazole rings is 2. The first kappa shape index (κ1) is 43.3. The molecule has 6 rings (SSSR count). The first-order valence-electron chi connectivity index (χ1n) is 19.5. The number of nitrogens with one attached hydrogen (secondary N) is 4. The van der Waals surface area contributed by atoms with E-state index in [4.69, 9.17) is 9.47 Å². The van der Waals surface area contributed by atoms with Crippen LogP contribution in [0.4, 0.5) is 9.59 Å². The Kier molecular flexibility index (Phi) is 12.9. The van der Waals surface area contributed by atoms with Crippen LogP contribution in [0.5, 0.6) is 0 Å². The van der Waals surface area contributed by atoms with Crippen LogP contribution in [0.25, 0.3) is 33.6 Å². The lowest BCUT2D eigenvalue weighted by molar-refractivity contribution is -0.135. The fourth-order valence-corrected chi connectivity index (χ4v) is 8.36. The highest BCUT2D eigenvalue weighted by atomic mass is 32.2. The summed E-state index contributed by atoms with van der Waals surface area (Å²) < 4.78 is 37.2. The van der Waals surface area contributed by atoms with E-state index in [9.17, 15) is 27.6 Å². The van der Waals surface area contributed by atoms with Crippen LogP contribution in [0, 0.1) is 5.92 Å². The van der Waals surface area contributed by atoms with E-state index >= 15 is 0 Å². The monoisotopic (exact) mass is 841 g/mol. The molecule has 2 aliphatic rings. The highest BCUT2D eigenvalue weighted by molar-refractivity contribution is 7.89. The van der Waals surface area contributed by atoms with Gasteiger partial charge in [0.1, 0.15) is 35.8 Å². The van der Waals surface area contributed by atoms with Crippen molar-refractivity contribution < 1.29 is 37.1 Å². The average Bonchev–Trinajstić information content (AvgIpc) is 4.07. The molecule has 0 spiro atoms. The molecule has 2 aliphatic heterocycles. The Balaban J connectivity index is 1.16. The van der Waals surface area contributed by atoms with Gasteiger partial charge in [-0.15, -0.1) is 0 Å². The first-order chi connectivity index (χ1) is 28.5. The van der Waals surface area contributed by atoms with Gasteiger partial charge in [-0.2, -0.15) is 4.31 Å². The highest BCUT2D eigenvalue weighted by Gasteiger charge is 2.45. The number of rotatable bonds is 13. The van der Waals surface area contributed by atoms with E-state index in [0.29, 0.717) is 29.5 Å². The normalized spacial score (nSPS) is 17.8. The van der Waals surface area contributed by atoms with Gasteiger partial charge in [0.2, 0.25) is 15.9 Å². The van der Waals surface area contributed by atoms with E-state index in [-0.39, 0.29) is 25.0 Å². The molecular weight excluding hydrogens is 791 g/mol. The maximum absolute atomic E-state index is 13.9. The Bertz CT molecular complexity index is 2370. The second-order valence-corrected chi connectivity index (χ2v) is 17.8. The van der Waals surface area contributed by atoms with Crippen LogP contribution in [0.1, 0.15) is 58.4 Å². The zero-order valence-corrected chi connectivity index (χ0v) is 35.4. The third-order valence-corrected chi connectivity index (χ3v) is 12.8. The topological polar surface area (TPSA) is 212 Å². The molecule has 0 radical (unpaired) electrons. The number of ether oxygens (including phenoxy) is 2. The summed E-state index contributed by atoms with van der Waals surface area (Å²) in [5.41, 5.74) is 5.59. The van der Waals surface area contributed by atoms with Gasteiger partial charge in [0.15, 0.2) is 0 Å². The summed E-state index contributed by atoms with van der Waals surface area (Å²) in [5, 5.41) is 4.45. The Morgan fingerprint density at radius 3 is 1.82 bits per heavy atom. The number of aromatic nitrogens is 4. The van der Waals surface area contributed by atoms with Gasteiger partial charge in [0.05, 0.1) is 49.9 Å². The van der Waals surface area contributed by atoms with Gasteiger partial charge in [0, 0.05) is 13.1 Å². The number of amides is 4. The maximum Gasteiger partial charge on any atom is 0.407 e. The van der Waals surface area contributed by atoms with Crippen molar-refractivity contribution in [2.24, 2.45) is 5.92 Å². The van der Waals surface area contributed by atoms with Crippen LogP contribution in [0.15, 0.2) is 85.2 Å². The minimum absolute atomic E-state index is 0.00113. The fraction of sp³-hybridized carbons (Fsp3) is 0.381. The predicted molar refractivity (Wildman–Crippen MR) is 224 cm³/mol. The van der Waals surface area contributed by atoms with Crippen LogP contribution >= 0.6 is 0 Å². The fourth-order valence-electron chi connectivity index (χ4n) is 7.13. The Morgan fingerprint density at radius 1 is 0.783 bits per heavy atom. The van der Waals surface area contributed by atoms with Crippen molar-refractivity contribution in [3.05, 3.63) is 96.9 Å². The Labute approximate surface area is 349 Å². The Morgan fingerprint density at radius 2 is 1.30 bits per heavy atom. The molecule has 0 saturated carbocycles. The molecule has 2 aromatic carbocycles. The van der Waals surface area contributed by atoms with Crippen LogP contribution in [-0.2, 0) is 29.1 Å². The number of carbonyl (C=O) groups excluding carboxylic acids is 4. The second kappa shape index (κ2) is 17.9. The molecule has 0 unspecified atom stereocenters. The van der Waals surface area contributed by atoms with Crippen LogP contribution < -0.4 is 10.6 Å². The lowest BCUT2D eigenvalue weighted by Crippen LogP contribution is -2.51. The molecule has 318 valence electrons. The summed E-state index contributed by atoms with van der Waals surface area (Å²) >= 11 is 0. The number of aromatic amines is 2. The summed E-state index contributed by atoms with van der Waals surface area (Å²) in [6.45, 7) is 12.5. The lowest BCUT2D eigenvalue weighted by Gasteiger charge is -2.29. The predicted octanol–water partition coefficient (Wildman–Crippen LogP) is 5.14. The summed E-state index contributed by atoms with van der Waals surface area (Å²) in [6.07, 6.45) is 5.65. The molecule has 60 heavy (non-hydrogen) atoms. The number of nitrogens with zero attached hydrogens (tertiary/aromatic N) is 5. The number of alkyl carbamates (subject to hydrolysis) is 2. The van der Waals surface area contributed by atoms with Crippen LogP contribution in [-0.4, -0.2) is 118 Å². The number of benzene rings is 2. The minimum Gasteiger partial charge on any atom is -0.453 e. The van der Waals surface area contributed by atoms with E-state index in [1.807, 2.05) is 60.7 Å². The van der Waals surface area contributed by atoms with Crippen LogP contribution in [0.2, 0.25) is 0 Å². The molecule has 4 heterocycles. The quantitative estimate of drug-likeness (QED) is 0.130. The molecule has 4 N–H and O–H groups in total. The van der Waals surface area contributed by atoms with Crippen LogP contribution in [0.3, 0.4) is 0 Å². The van der Waals surface area contributed by atoms with Crippen molar-refractivity contribution in [1.82, 2.24) is 44.7 Å². The first-order valence-corrected chi connectivity index (χ1v) is 21.0. The van der Waals surface area contributed by atoms with E-state index in [0.717, 1.165) is 27.9 Å². The van der Waals surface area contributed by atoms with Crippen molar-refractivity contribution in [3.8, 4) is 33.6 Å². The van der Waals surface area contributed by atoms with Crippen molar-refractivity contribution in [2.75, 3.05) is 34.0 Å². The number of carbonyl (C=O) groups is 4. The maximum atomic E-state index is 13.9. The van der Waals surface area contributed by atoms with Gasteiger partial charge in [-0.25, -0.2) is 28.0 Å². The van der Waals surface area contributed by atoms with Gasteiger partial charge >= 0.3 is 12.2 Å². The van der Waals surface area contributed by atoms with Crippen molar-refractivity contribution >= 4 is 34.0 Å². The van der Waals surface area contributed by atoms with E-state index in [1.165, 1.54) is 23.4 Å². The Hall–Kier alpha value is -6.27. The number of H-pyrrole nitrogens is 2. The smallest absolute Gasteiger partial charge is 0.407 e. The zero-order valence-electron chi connectivity index (χ0n) is 34.6. The molecule has 4 aromatic rings. The van der Waals surface area contributed by atoms with E-state index in [2.05, 4.69) is 37.1 Å². The second-order valence-electron chi connectivity index (χ2n) is 15.3. The van der Waals surface area contributed by atoms with Crippen molar-refractivity contribution in [2.45, 2.75) is 64.0 Å². The summed E-state index contributed by atoms with van der Waals surface area (Å²) in [7, 11) is -1.27. The largest absolute Gasteiger partial charge is 0.453 e. The molecule has 0 aliphatic carbocycles. The highest BCUT2D eigenvalue weighted by Crippen LogP contribution is 2.34. The lowest BCUT2D eigenvalue weighted by atomic mass is 10.0. The molecule has 4 amide bonds. The molecule has 2 aromatic heterocycles. The molecule has 1 saturated heterocycles. The molecule has 4 atom stereocenters. The third-order valence-electron chi connectivity index (χ3n) is 10.6. The van der Waals surface area contributed by atoms with Gasteiger partial charge in [-0.05, 0) is 54.5 Å². The summed E-state index contributed by atoms with van der Waals surface area (Å²) in [6, 6.07) is 12.7. The van der Waals surface area contributed by atoms with Gasteiger partial charge in [0.25, 0.3) is 5.91 Å². The molecule has 17 nitrogen and oxygen atoms in total. The van der Waals surface area contributed by atoms with Gasteiger partial charge < -0.3 is 39.9 Å². The van der Waals surface area contributed by atoms with Crippen molar-refractivity contribution in [3.63, 3.8) is 0 Å². The molecular formula is C42H51N9O8S. The summed E-state index contributed by atoms with van der Waals surface area (Å²) in [5.74, 6) is -0.0902. The SMILES string of the molecule is C=C(C)[C@H](NC(=O)OC)C(=O)N1CC=C[C@H]1c1ncc(-c2ccc(-c3ccc(-c4cnc([C@@H]5CN(S(=O)(=O)C(C)C)CN5C(=O)[C@@H](NC(=O)OC)C(C)C)[nH]4)cc3)cc2)[nH]1. The van der Waals surface area contributed by atoms with Crippen molar-refractivity contribution in [1.29, 1.82) is 0 Å². The zero-order chi connectivity index (χ0) is 43.5.